The summed E-state index contributed by atoms with van der Waals surface area (Å²) in [5, 5.41) is 1.41. The van der Waals surface area contributed by atoms with Crippen molar-refractivity contribution in [3.63, 3.8) is 0 Å². The van der Waals surface area contributed by atoms with Crippen molar-refractivity contribution in [2.75, 3.05) is 0 Å². The molecule has 0 aliphatic heterocycles. The zero-order valence-electron chi connectivity index (χ0n) is 8.21. The Balaban J connectivity index is -0.000000405. The van der Waals surface area contributed by atoms with Gasteiger partial charge in [-0.3, -0.25) is 0 Å². The Morgan fingerprint density at radius 3 is 1.33 bits per heavy atom. The van der Waals surface area contributed by atoms with Crippen molar-refractivity contribution in [3.8, 4) is 0 Å². The first-order valence-electron chi connectivity index (χ1n) is 3.96. The van der Waals surface area contributed by atoms with Crippen LogP contribution in [0.1, 0.15) is 35.6 Å². The SMILES string of the molecule is C.C.CC(C)=C(C)[CH2][Ge]([CH3])([CH3])[CH3]. The Hall–Kier alpha value is 0.283. The van der Waals surface area contributed by atoms with Crippen LogP contribution in [0.15, 0.2) is 11.1 Å². The monoisotopic (exact) mass is 234 g/mol. The summed E-state index contributed by atoms with van der Waals surface area (Å²) >= 11 is -1.29. The summed E-state index contributed by atoms with van der Waals surface area (Å²) in [5.41, 5.74) is 3.13. The third kappa shape index (κ3) is 10.3. The molecule has 12 heavy (non-hydrogen) atoms. The Bertz CT molecular complexity index is 134. The van der Waals surface area contributed by atoms with E-state index in [4.69, 9.17) is 0 Å². The van der Waals surface area contributed by atoms with E-state index in [0.717, 1.165) is 0 Å². The first-order valence-corrected chi connectivity index (χ1v) is 11.7. The number of rotatable bonds is 2. The van der Waals surface area contributed by atoms with Crippen LogP contribution in [0.5, 0.6) is 0 Å². The van der Waals surface area contributed by atoms with Gasteiger partial charge in [0.1, 0.15) is 0 Å². The summed E-state index contributed by atoms with van der Waals surface area (Å²) < 4.78 is 0. The molecule has 0 unspecified atom stereocenters. The molecule has 0 aromatic carbocycles. The van der Waals surface area contributed by atoms with E-state index in [2.05, 4.69) is 38.0 Å². The zero-order chi connectivity index (χ0) is 8.36. The molecule has 0 amide bonds. The van der Waals surface area contributed by atoms with Crippen LogP contribution in [0.25, 0.3) is 0 Å². The molecule has 1 heteroatoms. The fraction of sp³-hybridized carbons (Fsp3) is 0.818. The standard InChI is InChI=1S/C9H20Ge.2CH4/c1-8(2)9(3)7-10(4,5)6;;/h7H2,1-6H3;2*1H4. The van der Waals surface area contributed by atoms with Gasteiger partial charge in [-0.05, 0) is 0 Å². The van der Waals surface area contributed by atoms with Crippen molar-refractivity contribution >= 4 is 13.3 Å². The summed E-state index contributed by atoms with van der Waals surface area (Å²) in [7, 11) is 0. The number of allylic oxidation sites excluding steroid dienone is 2. The molecule has 0 nitrogen and oxygen atoms in total. The van der Waals surface area contributed by atoms with Crippen molar-refractivity contribution < 1.29 is 0 Å². The first-order chi connectivity index (χ1) is 4.33. The fourth-order valence-corrected chi connectivity index (χ4v) is 5.05. The van der Waals surface area contributed by atoms with E-state index >= 15 is 0 Å². The van der Waals surface area contributed by atoms with Crippen LogP contribution in [0.3, 0.4) is 0 Å². The van der Waals surface area contributed by atoms with Gasteiger partial charge in [0.25, 0.3) is 0 Å². The Morgan fingerprint density at radius 1 is 0.917 bits per heavy atom. The van der Waals surface area contributed by atoms with Crippen molar-refractivity contribution in [1.82, 2.24) is 0 Å². The second-order valence-corrected chi connectivity index (χ2v) is 16.0. The first kappa shape index (κ1) is 18.1. The molecule has 0 aromatic heterocycles. The second kappa shape index (κ2) is 6.76. The van der Waals surface area contributed by atoms with Crippen LogP contribution in [0.2, 0.25) is 22.5 Å². The van der Waals surface area contributed by atoms with E-state index < -0.39 is 13.3 Å². The molecule has 0 saturated heterocycles. The van der Waals surface area contributed by atoms with Crippen molar-refractivity contribution in [2.45, 2.75) is 58.1 Å². The van der Waals surface area contributed by atoms with Crippen molar-refractivity contribution in [2.24, 2.45) is 0 Å². The molecule has 0 radical (unpaired) electrons. The normalized spacial score (nSPS) is 9.50. The quantitative estimate of drug-likeness (QED) is 0.467. The van der Waals surface area contributed by atoms with E-state index in [1.807, 2.05) is 0 Å². The van der Waals surface area contributed by atoms with Gasteiger partial charge in [-0.15, -0.1) is 0 Å². The third-order valence-electron chi connectivity index (χ3n) is 1.65. The summed E-state index contributed by atoms with van der Waals surface area (Å²) in [6.45, 7) is 6.69. The number of hydrogen-bond donors (Lipinski definition) is 0. The van der Waals surface area contributed by atoms with E-state index in [1.165, 1.54) is 10.8 Å². The molecule has 0 aromatic rings. The van der Waals surface area contributed by atoms with Gasteiger partial charge in [0, 0.05) is 0 Å². The average molecular weight is 233 g/mol. The van der Waals surface area contributed by atoms with Crippen LogP contribution in [-0.4, -0.2) is 13.3 Å². The maximum absolute atomic E-state index is 2.46. The summed E-state index contributed by atoms with van der Waals surface area (Å²) in [4.78, 5) is 0. The number of hydrogen-bond acceptors (Lipinski definition) is 0. The second-order valence-electron chi connectivity index (χ2n) is 4.52. The molecule has 0 N–H and O–H groups in total. The molecule has 0 fully saturated rings. The van der Waals surface area contributed by atoms with Gasteiger partial charge in [0.15, 0.2) is 0 Å². The van der Waals surface area contributed by atoms with Gasteiger partial charge in [0.05, 0.1) is 0 Å². The third-order valence-corrected chi connectivity index (χ3v) is 4.99. The Labute approximate surface area is 82.8 Å². The molecule has 0 heterocycles. The van der Waals surface area contributed by atoms with Crippen molar-refractivity contribution in [1.29, 1.82) is 0 Å². The topological polar surface area (TPSA) is 0 Å². The molecular formula is C11H28Ge. The molecule has 76 valence electrons. The molecule has 0 rings (SSSR count). The molecule has 0 saturated carbocycles. The minimum absolute atomic E-state index is 0. The predicted octanol–water partition coefficient (Wildman–Crippen LogP) is 4.95. The van der Waals surface area contributed by atoms with Crippen LogP contribution in [0, 0.1) is 0 Å². The van der Waals surface area contributed by atoms with Gasteiger partial charge in [-0.25, -0.2) is 0 Å². The molecular weight excluding hydrogens is 205 g/mol. The van der Waals surface area contributed by atoms with E-state index in [-0.39, 0.29) is 14.9 Å². The Morgan fingerprint density at radius 2 is 1.25 bits per heavy atom. The minimum atomic E-state index is -1.29. The molecule has 0 aliphatic rings. The maximum atomic E-state index is 2.46. The van der Waals surface area contributed by atoms with Gasteiger partial charge in [0.2, 0.25) is 0 Å². The molecule has 0 bridgehead atoms. The van der Waals surface area contributed by atoms with Gasteiger partial charge < -0.3 is 0 Å². The molecule has 0 spiro atoms. The van der Waals surface area contributed by atoms with E-state index in [1.54, 1.807) is 5.57 Å². The predicted molar refractivity (Wildman–Crippen MR) is 65.7 cm³/mol. The van der Waals surface area contributed by atoms with Crippen LogP contribution < -0.4 is 0 Å². The molecule has 0 atom stereocenters. The van der Waals surface area contributed by atoms with Gasteiger partial charge >= 0.3 is 67.7 Å². The summed E-state index contributed by atoms with van der Waals surface area (Å²) in [6.07, 6.45) is 0. The van der Waals surface area contributed by atoms with Crippen LogP contribution in [-0.2, 0) is 0 Å². The van der Waals surface area contributed by atoms with E-state index in [0.29, 0.717) is 0 Å². The Kier molecular flexibility index (Phi) is 10.2. The molecule has 0 aliphatic carbocycles. The summed E-state index contributed by atoms with van der Waals surface area (Å²) in [5.74, 6) is 7.39. The van der Waals surface area contributed by atoms with Crippen LogP contribution >= 0.6 is 0 Å². The van der Waals surface area contributed by atoms with E-state index in [9.17, 15) is 0 Å². The van der Waals surface area contributed by atoms with Crippen molar-refractivity contribution in [3.05, 3.63) is 11.1 Å². The summed E-state index contributed by atoms with van der Waals surface area (Å²) in [6, 6.07) is 0. The van der Waals surface area contributed by atoms with Gasteiger partial charge in [-0.1, -0.05) is 14.9 Å². The zero-order valence-corrected chi connectivity index (χ0v) is 10.3. The van der Waals surface area contributed by atoms with Gasteiger partial charge in [-0.2, -0.15) is 0 Å². The van der Waals surface area contributed by atoms with Crippen LogP contribution in [0.4, 0.5) is 0 Å². The fourth-order valence-electron chi connectivity index (χ4n) is 0.972. The average Bonchev–Trinajstić information content (AvgIpc) is 1.60.